The highest BCUT2D eigenvalue weighted by atomic mass is 79.9. The highest BCUT2D eigenvalue weighted by molar-refractivity contribution is 9.09. The summed E-state index contributed by atoms with van der Waals surface area (Å²) in [6.07, 6.45) is 5.21. The van der Waals surface area contributed by atoms with Crippen molar-refractivity contribution in [1.82, 2.24) is 4.98 Å². The Morgan fingerprint density at radius 2 is 2.33 bits per heavy atom. The summed E-state index contributed by atoms with van der Waals surface area (Å²) in [4.78, 5) is 5.30. The zero-order chi connectivity index (χ0) is 10.8. The lowest BCUT2D eigenvalue weighted by atomic mass is 9.79. The third kappa shape index (κ3) is 3.04. The van der Waals surface area contributed by atoms with Crippen LogP contribution in [0.15, 0.2) is 5.38 Å². The summed E-state index contributed by atoms with van der Waals surface area (Å²) in [5.41, 5.74) is 1.17. The molecule has 84 valence electrons. The molecule has 0 radical (unpaired) electrons. The van der Waals surface area contributed by atoms with E-state index in [0.29, 0.717) is 0 Å². The predicted molar refractivity (Wildman–Crippen MR) is 69.8 cm³/mol. The number of alkyl halides is 1. The molecule has 1 fully saturated rings. The van der Waals surface area contributed by atoms with Gasteiger partial charge in [0, 0.05) is 22.3 Å². The number of nitrogens with zero attached hydrogens (tertiary/aromatic N) is 1. The van der Waals surface area contributed by atoms with Gasteiger partial charge in [-0.1, -0.05) is 22.9 Å². The largest absolute Gasteiger partial charge is 0.247 e. The summed E-state index contributed by atoms with van der Waals surface area (Å²) in [6, 6.07) is 0. The van der Waals surface area contributed by atoms with Crippen molar-refractivity contribution in [3.05, 3.63) is 16.1 Å². The van der Waals surface area contributed by atoms with Crippen molar-refractivity contribution in [2.75, 3.05) is 0 Å². The van der Waals surface area contributed by atoms with Gasteiger partial charge in [0.15, 0.2) is 0 Å². The fourth-order valence-electron chi connectivity index (χ4n) is 2.36. The minimum atomic E-state index is 0.736. The van der Waals surface area contributed by atoms with E-state index in [4.69, 9.17) is 0 Å². The maximum atomic E-state index is 4.57. The lowest BCUT2D eigenvalue weighted by molar-refractivity contribution is 0.262. The first kappa shape index (κ1) is 11.6. The van der Waals surface area contributed by atoms with Crippen LogP contribution in [0.2, 0.25) is 0 Å². The van der Waals surface area contributed by atoms with E-state index < -0.39 is 0 Å². The molecule has 15 heavy (non-hydrogen) atoms. The first-order chi connectivity index (χ1) is 7.15. The van der Waals surface area contributed by atoms with Crippen LogP contribution in [0, 0.1) is 18.8 Å². The van der Waals surface area contributed by atoms with Crippen molar-refractivity contribution in [3.63, 3.8) is 0 Å². The number of hydrogen-bond donors (Lipinski definition) is 0. The molecule has 0 bridgehead atoms. The second kappa shape index (κ2) is 4.96. The maximum Gasteiger partial charge on any atom is 0.0930 e. The van der Waals surface area contributed by atoms with Crippen LogP contribution in [0.25, 0.3) is 0 Å². The topological polar surface area (TPSA) is 12.9 Å². The van der Waals surface area contributed by atoms with Crippen LogP contribution in [0.4, 0.5) is 0 Å². The Labute approximate surface area is 104 Å². The molecule has 0 aliphatic heterocycles. The van der Waals surface area contributed by atoms with Crippen LogP contribution in [0.5, 0.6) is 0 Å². The Balaban J connectivity index is 1.98. The summed E-state index contributed by atoms with van der Waals surface area (Å²) in [5.74, 6) is 1.69. The van der Waals surface area contributed by atoms with Crippen LogP contribution >= 0.6 is 27.3 Å². The van der Waals surface area contributed by atoms with Crippen molar-refractivity contribution < 1.29 is 0 Å². The molecule has 1 saturated carbocycles. The molecule has 1 heterocycles. The first-order valence-corrected chi connectivity index (χ1v) is 7.49. The summed E-state index contributed by atoms with van der Waals surface area (Å²) < 4.78 is 0. The Morgan fingerprint density at radius 1 is 1.53 bits per heavy atom. The zero-order valence-electron chi connectivity index (χ0n) is 9.37. The van der Waals surface area contributed by atoms with Crippen molar-refractivity contribution in [3.8, 4) is 0 Å². The molecule has 0 N–H and O–H groups in total. The number of aryl methyl sites for hydroxylation is 1. The number of hydrogen-bond acceptors (Lipinski definition) is 2. The van der Waals surface area contributed by atoms with Gasteiger partial charge in [0.1, 0.15) is 0 Å². The van der Waals surface area contributed by atoms with Crippen LogP contribution in [0.1, 0.15) is 36.9 Å². The van der Waals surface area contributed by atoms with E-state index in [2.05, 4.69) is 40.1 Å². The summed E-state index contributed by atoms with van der Waals surface area (Å²) in [5, 5.41) is 3.49. The van der Waals surface area contributed by atoms with Crippen LogP contribution < -0.4 is 0 Å². The minimum Gasteiger partial charge on any atom is -0.247 e. The van der Waals surface area contributed by atoms with Gasteiger partial charge in [0.05, 0.1) is 5.01 Å². The molecular formula is C12H18BrNS. The first-order valence-electron chi connectivity index (χ1n) is 5.70. The molecule has 1 aliphatic carbocycles. The monoisotopic (exact) mass is 287 g/mol. The lowest BCUT2D eigenvalue weighted by Gasteiger charge is -2.31. The van der Waals surface area contributed by atoms with Gasteiger partial charge in [-0.25, -0.2) is 4.98 Å². The maximum absolute atomic E-state index is 4.57. The third-order valence-electron chi connectivity index (χ3n) is 3.40. The molecule has 1 aromatic rings. The standard InChI is InChI=1S/C12H18BrNS/c1-8-3-4-11(13)5-10(8)6-12-14-9(2)7-15-12/h7-8,10-11H,3-6H2,1-2H3. The van der Waals surface area contributed by atoms with Gasteiger partial charge in [-0.2, -0.15) is 0 Å². The smallest absolute Gasteiger partial charge is 0.0930 e. The summed E-state index contributed by atoms with van der Waals surface area (Å²) in [7, 11) is 0. The van der Waals surface area contributed by atoms with Crippen molar-refractivity contribution >= 4 is 27.3 Å². The average molecular weight is 288 g/mol. The quantitative estimate of drug-likeness (QED) is 0.743. The Hall–Kier alpha value is 0.110. The van der Waals surface area contributed by atoms with Gasteiger partial charge >= 0.3 is 0 Å². The van der Waals surface area contributed by atoms with Crippen molar-refractivity contribution in [2.45, 2.75) is 44.4 Å². The normalized spacial score (nSPS) is 31.8. The summed E-state index contributed by atoms with van der Waals surface area (Å²) >= 11 is 5.58. The van der Waals surface area contributed by atoms with E-state index in [1.165, 1.54) is 36.4 Å². The molecule has 3 unspecified atom stereocenters. The number of thiazole rings is 1. The molecule has 3 heteroatoms. The van der Waals surface area contributed by atoms with E-state index in [1.54, 1.807) is 0 Å². The van der Waals surface area contributed by atoms with E-state index in [1.807, 2.05) is 11.3 Å². The molecule has 1 aliphatic rings. The molecule has 0 amide bonds. The predicted octanol–water partition coefficient (Wildman–Crippen LogP) is 4.19. The van der Waals surface area contributed by atoms with Gasteiger partial charge in [0.25, 0.3) is 0 Å². The Kier molecular flexibility index (Phi) is 3.83. The highest BCUT2D eigenvalue weighted by Gasteiger charge is 2.26. The molecule has 3 atom stereocenters. The fourth-order valence-corrected chi connectivity index (χ4v) is 3.97. The number of rotatable bonds is 2. The van der Waals surface area contributed by atoms with E-state index in [9.17, 15) is 0 Å². The SMILES string of the molecule is Cc1csc(CC2CC(Br)CCC2C)n1. The molecule has 0 spiro atoms. The van der Waals surface area contributed by atoms with Crippen LogP contribution in [-0.2, 0) is 6.42 Å². The van der Waals surface area contributed by atoms with Gasteiger partial charge in [-0.15, -0.1) is 11.3 Å². The molecule has 2 rings (SSSR count). The zero-order valence-corrected chi connectivity index (χ0v) is 11.8. The van der Waals surface area contributed by atoms with Gasteiger partial charge in [-0.3, -0.25) is 0 Å². The van der Waals surface area contributed by atoms with E-state index in [0.717, 1.165) is 16.7 Å². The fraction of sp³-hybridized carbons (Fsp3) is 0.750. The van der Waals surface area contributed by atoms with E-state index in [-0.39, 0.29) is 0 Å². The molecular weight excluding hydrogens is 270 g/mol. The molecule has 1 nitrogen and oxygen atoms in total. The van der Waals surface area contributed by atoms with Crippen LogP contribution in [0.3, 0.4) is 0 Å². The minimum absolute atomic E-state index is 0.736. The van der Waals surface area contributed by atoms with Crippen molar-refractivity contribution in [2.24, 2.45) is 11.8 Å². The number of halogens is 1. The number of aromatic nitrogens is 1. The molecule has 0 aromatic carbocycles. The lowest BCUT2D eigenvalue weighted by Crippen LogP contribution is -2.24. The second-order valence-electron chi connectivity index (χ2n) is 4.73. The van der Waals surface area contributed by atoms with Crippen LogP contribution in [-0.4, -0.2) is 9.81 Å². The van der Waals surface area contributed by atoms with Gasteiger partial charge < -0.3 is 0 Å². The molecule has 0 saturated heterocycles. The van der Waals surface area contributed by atoms with Crippen molar-refractivity contribution in [1.29, 1.82) is 0 Å². The average Bonchev–Trinajstić information content (AvgIpc) is 2.58. The third-order valence-corrected chi connectivity index (χ3v) is 5.22. The Bertz CT molecular complexity index is 323. The van der Waals surface area contributed by atoms with Gasteiger partial charge in [0.2, 0.25) is 0 Å². The molecule has 1 aromatic heterocycles. The summed E-state index contributed by atoms with van der Waals surface area (Å²) in [6.45, 7) is 4.47. The van der Waals surface area contributed by atoms with E-state index >= 15 is 0 Å². The Morgan fingerprint density at radius 3 is 3.00 bits per heavy atom. The van der Waals surface area contributed by atoms with Gasteiger partial charge in [-0.05, 0) is 38.0 Å². The highest BCUT2D eigenvalue weighted by Crippen LogP contribution is 2.35. The second-order valence-corrected chi connectivity index (χ2v) is 6.97.